The molecule has 11 heteroatoms. The van der Waals surface area contributed by atoms with Gasteiger partial charge in [0.2, 0.25) is 11.7 Å². The average molecular weight is 541 g/mol. The molecule has 0 amide bonds. The molecule has 1 aliphatic rings. The van der Waals surface area contributed by atoms with Gasteiger partial charge in [0.05, 0.1) is 23.3 Å². The van der Waals surface area contributed by atoms with E-state index < -0.39 is 21.5 Å². The number of carbonyl (C=O) groups excluding carboxylic acids is 1. The van der Waals surface area contributed by atoms with E-state index in [1.807, 2.05) is 19.1 Å². The van der Waals surface area contributed by atoms with Crippen molar-refractivity contribution in [2.24, 2.45) is 5.92 Å². The van der Waals surface area contributed by atoms with Crippen LogP contribution in [0.2, 0.25) is 0 Å². The number of sulfone groups is 1. The van der Waals surface area contributed by atoms with Gasteiger partial charge in [-0.25, -0.2) is 22.3 Å². The van der Waals surface area contributed by atoms with Crippen molar-refractivity contribution in [1.82, 2.24) is 14.6 Å². The molecule has 0 atom stereocenters. The van der Waals surface area contributed by atoms with E-state index in [0.29, 0.717) is 34.9 Å². The van der Waals surface area contributed by atoms with Crippen molar-refractivity contribution >= 4 is 27.0 Å². The maximum atomic E-state index is 14.3. The largest absolute Gasteiger partial charge is 0.434 e. The number of Topliss-reactive ketones (excluding diaryl/α,β-unsaturated/α-hetero) is 1. The van der Waals surface area contributed by atoms with Gasteiger partial charge in [-0.05, 0) is 49.4 Å². The van der Waals surface area contributed by atoms with Crippen LogP contribution in [0.15, 0.2) is 48.7 Å². The number of hydrogen-bond acceptors (Lipinski definition) is 7. The van der Waals surface area contributed by atoms with Crippen LogP contribution in [0.25, 0.3) is 16.9 Å². The molecule has 0 bridgehead atoms. The number of halogens is 2. The second-order valence-corrected chi connectivity index (χ2v) is 11.8. The summed E-state index contributed by atoms with van der Waals surface area (Å²) >= 11 is 0. The molecule has 8 nitrogen and oxygen atoms in total. The molecule has 0 unspecified atom stereocenters. The molecule has 1 N–H and O–H groups in total. The van der Waals surface area contributed by atoms with Crippen molar-refractivity contribution < 1.29 is 26.7 Å². The normalized spacial score (nSPS) is 13.6. The fourth-order valence-corrected chi connectivity index (χ4v) is 4.67. The van der Waals surface area contributed by atoms with E-state index in [1.165, 1.54) is 22.7 Å². The van der Waals surface area contributed by atoms with Crippen molar-refractivity contribution in [2.75, 3.05) is 23.9 Å². The summed E-state index contributed by atoms with van der Waals surface area (Å²) in [7, 11) is -3.23. The van der Waals surface area contributed by atoms with E-state index in [1.54, 1.807) is 12.3 Å². The number of rotatable bonds is 10. The van der Waals surface area contributed by atoms with Gasteiger partial charge in [-0.15, -0.1) is 5.10 Å². The fraction of sp³-hybridized carbons (Fsp3) is 0.296. The minimum atomic E-state index is -3.23. The zero-order valence-electron chi connectivity index (χ0n) is 20.9. The lowest BCUT2D eigenvalue weighted by molar-refractivity contribution is 0.0975. The average Bonchev–Trinajstić information content (AvgIpc) is 3.56. The maximum Gasteiger partial charge on any atom is 0.239 e. The number of nitrogens with one attached hydrogen (secondary N) is 1. The van der Waals surface area contributed by atoms with Crippen LogP contribution in [0.5, 0.6) is 11.6 Å². The third-order valence-electron chi connectivity index (χ3n) is 6.36. The topological polar surface area (TPSA) is 103 Å². The van der Waals surface area contributed by atoms with Crippen molar-refractivity contribution in [2.45, 2.75) is 26.2 Å². The van der Waals surface area contributed by atoms with Gasteiger partial charge < -0.3 is 10.1 Å². The molecule has 0 saturated heterocycles. The van der Waals surface area contributed by atoms with Crippen molar-refractivity contribution in [3.8, 4) is 22.9 Å². The zero-order valence-corrected chi connectivity index (χ0v) is 21.7. The van der Waals surface area contributed by atoms with Crippen LogP contribution in [0.4, 0.5) is 14.5 Å². The third kappa shape index (κ3) is 5.67. The van der Waals surface area contributed by atoms with Crippen molar-refractivity contribution in [3.63, 3.8) is 0 Å². The van der Waals surface area contributed by atoms with Gasteiger partial charge in [0.25, 0.3) is 0 Å². The molecule has 2 aromatic heterocycles. The molecule has 38 heavy (non-hydrogen) atoms. The summed E-state index contributed by atoms with van der Waals surface area (Å²) in [6, 6.07) is 10.5. The van der Waals surface area contributed by atoms with Gasteiger partial charge in [-0.1, -0.05) is 18.2 Å². The first-order valence-corrected chi connectivity index (χ1v) is 14.2. The number of imidazole rings is 1. The molecule has 5 rings (SSSR count). The molecule has 1 aliphatic carbocycles. The molecule has 0 aliphatic heterocycles. The van der Waals surface area contributed by atoms with Crippen LogP contribution in [-0.2, 0) is 9.84 Å². The number of anilines is 1. The molecule has 4 aromatic rings. The number of fused-ring (bicyclic) bond motifs is 1. The number of nitrogens with zero attached hydrogens (tertiary/aromatic N) is 3. The minimum absolute atomic E-state index is 0.0592. The Kier molecular flexibility index (Phi) is 6.87. The summed E-state index contributed by atoms with van der Waals surface area (Å²) in [6.07, 6.45) is 5.48. The molecule has 2 heterocycles. The van der Waals surface area contributed by atoms with Crippen molar-refractivity contribution in [1.29, 1.82) is 0 Å². The Morgan fingerprint density at radius 1 is 1.18 bits per heavy atom. The Balaban J connectivity index is 1.54. The summed E-state index contributed by atoms with van der Waals surface area (Å²) in [5.74, 6) is -2.15. The Bertz CT molecular complexity index is 1650. The van der Waals surface area contributed by atoms with Gasteiger partial charge in [0.1, 0.15) is 9.84 Å². The highest BCUT2D eigenvalue weighted by molar-refractivity contribution is 7.90. The predicted octanol–water partition coefficient (Wildman–Crippen LogP) is 5.21. The number of hydrogen-bond donors (Lipinski definition) is 1. The van der Waals surface area contributed by atoms with Crippen LogP contribution >= 0.6 is 0 Å². The summed E-state index contributed by atoms with van der Waals surface area (Å²) in [5.41, 5.74) is 3.59. The molecule has 2 aromatic carbocycles. The first kappa shape index (κ1) is 25.8. The highest BCUT2D eigenvalue weighted by Crippen LogP contribution is 2.35. The fourth-order valence-electron chi connectivity index (χ4n) is 4.20. The highest BCUT2D eigenvalue weighted by atomic mass is 32.2. The Morgan fingerprint density at radius 3 is 2.68 bits per heavy atom. The predicted molar refractivity (Wildman–Crippen MR) is 139 cm³/mol. The molecular formula is C27H26F2N4O4S. The first-order chi connectivity index (χ1) is 18.1. The number of aromatic nitrogens is 3. The highest BCUT2D eigenvalue weighted by Gasteiger charge is 2.26. The summed E-state index contributed by atoms with van der Waals surface area (Å²) in [6.45, 7) is 1.96. The lowest BCUT2D eigenvalue weighted by atomic mass is 9.98. The number of carbonyl (C=O) groups is 1. The second-order valence-electron chi connectivity index (χ2n) is 9.59. The number of ether oxygens (including phenoxy) is 1. The Labute approximate surface area is 218 Å². The maximum absolute atomic E-state index is 14.3. The summed E-state index contributed by atoms with van der Waals surface area (Å²) in [4.78, 5) is 17.1. The summed E-state index contributed by atoms with van der Waals surface area (Å²) < 4.78 is 58.4. The second kappa shape index (κ2) is 10.1. The lowest BCUT2D eigenvalue weighted by Crippen LogP contribution is -2.15. The van der Waals surface area contributed by atoms with E-state index in [9.17, 15) is 22.0 Å². The molecule has 1 fully saturated rings. The van der Waals surface area contributed by atoms with E-state index in [2.05, 4.69) is 15.4 Å². The standard InChI is InChI=1S/C27H26F2N4O4S/c1-16-12-18(8-9-19(16)23(34)13-17-6-7-17)22-15-31-27-21(30-10-11-38(2,35)36)14-25(32-33(22)27)37-24-5-3-4-20(28)26(24)29/h3-5,8-9,12,14-15,17,30H,6-7,10-11,13H2,1-2H3. The zero-order chi connectivity index (χ0) is 27.0. The van der Waals surface area contributed by atoms with Gasteiger partial charge in [-0.2, -0.15) is 4.39 Å². The van der Waals surface area contributed by atoms with Crippen LogP contribution in [-0.4, -0.2) is 47.4 Å². The van der Waals surface area contributed by atoms with E-state index in [-0.39, 0.29) is 29.7 Å². The van der Waals surface area contributed by atoms with Crippen LogP contribution in [0.1, 0.15) is 35.2 Å². The van der Waals surface area contributed by atoms with Gasteiger partial charge in [-0.3, -0.25) is 4.79 Å². The Morgan fingerprint density at radius 2 is 1.97 bits per heavy atom. The van der Waals surface area contributed by atoms with E-state index in [4.69, 9.17) is 4.74 Å². The van der Waals surface area contributed by atoms with Crippen molar-refractivity contribution in [3.05, 3.63) is 71.4 Å². The third-order valence-corrected chi connectivity index (χ3v) is 7.30. The molecule has 1 saturated carbocycles. The number of benzene rings is 2. The van der Waals surface area contributed by atoms with Crippen LogP contribution < -0.4 is 10.1 Å². The van der Waals surface area contributed by atoms with E-state index >= 15 is 0 Å². The smallest absolute Gasteiger partial charge is 0.239 e. The van der Waals surface area contributed by atoms with Crippen LogP contribution in [0.3, 0.4) is 0 Å². The van der Waals surface area contributed by atoms with Gasteiger partial charge in [0.15, 0.2) is 23.0 Å². The Hall–Kier alpha value is -3.86. The molecular weight excluding hydrogens is 514 g/mol. The van der Waals surface area contributed by atoms with Gasteiger partial charge >= 0.3 is 0 Å². The van der Waals surface area contributed by atoms with Crippen LogP contribution in [0, 0.1) is 24.5 Å². The number of ketones is 1. The monoisotopic (exact) mass is 540 g/mol. The lowest BCUT2D eigenvalue weighted by Gasteiger charge is -2.12. The quantitative estimate of drug-likeness (QED) is 0.275. The molecule has 0 radical (unpaired) electrons. The first-order valence-electron chi connectivity index (χ1n) is 12.2. The SMILES string of the molecule is Cc1cc(-c2cnc3c(NCCS(C)(=O)=O)cc(Oc4cccc(F)c4F)nn23)ccc1C(=O)CC1CC1. The van der Waals surface area contributed by atoms with E-state index in [0.717, 1.165) is 36.3 Å². The number of aryl methyl sites for hydroxylation is 1. The minimum Gasteiger partial charge on any atom is -0.434 e. The molecule has 0 spiro atoms. The molecule has 198 valence electrons. The summed E-state index contributed by atoms with van der Waals surface area (Å²) in [5, 5.41) is 7.47. The van der Waals surface area contributed by atoms with Gasteiger partial charge in [0, 0.05) is 36.4 Å².